The molecule has 9 nitrogen and oxygen atoms in total. The van der Waals surface area contributed by atoms with Gasteiger partial charge < -0.3 is 26.4 Å². The zero-order chi connectivity index (χ0) is 15.3. The van der Waals surface area contributed by atoms with Gasteiger partial charge >= 0.3 is 12.0 Å². The molecule has 20 heavy (non-hydrogen) atoms. The number of hydrogen-bond acceptors (Lipinski definition) is 4. The van der Waals surface area contributed by atoms with Crippen LogP contribution in [0.25, 0.3) is 0 Å². The van der Waals surface area contributed by atoms with Crippen LogP contribution in [-0.4, -0.2) is 59.5 Å². The van der Waals surface area contributed by atoms with E-state index in [4.69, 9.17) is 10.8 Å². The highest BCUT2D eigenvalue weighted by Gasteiger charge is 2.26. The normalized spacial score (nSPS) is 20.1. The highest BCUT2D eigenvalue weighted by atomic mass is 16.4. The number of carboxylic acids is 1. The van der Waals surface area contributed by atoms with Crippen molar-refractivity contribution in [3.8, 4) is 0 Å². The number of nitrogens with one attached hydrogen (secondary N) is 2. The summed E-state index contributed by atoms with van der Waals surface area (Å²) in [4.78, 5) is 46.0. The van der Waals surface area contributed by atoms with Crippen molar-refractivity contribution in [2.24, 2.45) is 5.73 Å². The second-order valence-corrected chi connectivity index (χ2v) is 4.69. The van der Waals surface area contributed by atoms with Crippen molar-refractivity contribution in [1.82, 2.24) is 15.5 Å². The number of aliphatic carboxylic acids is 1. The van der Waals surface area contributed by atoms with E-state index >= 15 is 0 Å². The van der Waals surface area contributed by atoms with E-state index in [1.807, 2.05) is 0 Å². The average Bonchev–Trinajstić information content (AvgIpc) is 2.32. The first-order valence-electron chi connectivity index (χ1n) is 6.11. The molecular weight excluding hydrogens is 268 g/mol. The minimum Gasteiger partial charge on any atom is -0.480 e. The van der Waals surface area contributed by atoms with Crippen molar-refractivity contribution in [3.05, 3.63) is 0 Å². The minimum absolute atomic E-state index is 0.000555. The van der Waals surface area contributed by atoms with E-state index in [1.165, 1.54) is 4.90 Å². The first kappa shape index (κ1) is 15.7. The molecule has 2 atom stereocenters. The van der Waals surface area contributed by atoms with Crippen LogP contribution in [-0.2, 0) is 14.4 Å². The predicted molar refractivity (Wildman–Crippen MR) is 67.6 cm³/mol. The molecule has 0 aromatic carbocycles. The topological polar surface area (TPSA) is 142 Å². The summed E-state index contributed by atoms with van der Waals surface area (Å²) < 4.78 is 0. The van der Waals surface area contributed by atoms with E-state index in [0.29, 0.717) is 19.4 Å². The van der Waals surface area contributed by atoms with Gasteiger partial charge in [-0.05, 0) is 6.42 Å². The summed E-state index contributed by atoms with van der Waals surface area (Å²) in [5.74, 6) is -2.16. The number of rotatable bonds is 5. The van der Waals surface area contributed by atoms with Crippen molar-refractivity contribution >= 4 is 23.8 Å². The molecule has 1 saturated heterocycles. The molecule has 1 aliphatic rings. The van der Waals surface area contributed by atoms with Crippen LogP contribution < -0.4 is 16.4 Å². The van der Waals surface area contributed by atoms with Crippen molar-refractivity contribution < 1.29 is 24.3 Å². The maximum absolute atomic E-state index is 11.7. The molecule has 0 aromatic heterocycles. The van der Waals surface area contributed by atoms with Crippen molar-refractivity contribution in [3.63, 3.8) is 0 Å². The van der Waals surface area contributed by atoms with E-state index in [2.05, 4.69) is 10.6 Å². The highest BCUT2D eigenvalue weighted by Crippen LogP contribution is 2.09. The molecule has 4 amide bonds. The largest absolute Gasteiger partial charge is 0.480 e. The van der Waals surface area contributed by atoms with Crippen LogP contribution in [0.4, 0.5) is 4.79 Å². The standard InChI is InChI=1S/C11H18N4O5/c1-15-5-6(2-3-9(15)17)13-11(20)14-7(10(18)19)4-8(12)16/h6-7H,2-5H2,1H3,(H2,12,16)(H,18,19)(H2,13,14,20)/t6?,7-/m0/s1. The molecule has 1 fully saturated rings. The number of amides is 4. The summed E-state index contributed by atoms with van der Waals surface area (Å²) in [7, 11) is 1.63. The first-order valence-corrected chi connectivity index (χ1v) is 6.11. The van der Waals surface area contributed by atoms with Crippen LogP contribution in [0.3, 0.4) is 0 Å². The van der Waals surface area contributed by atoms with E-state index in [-0.39, 0.29) is 11.9 Å². The predicted octanol–water partition coefficient (Wildman–Crippen LogP) is -1.76. The van der Waals surface area contributed by atoms with Gasteiger partial charge in [-0.25, -0.2) is 9.59 Å². The van der Waals surface area contributed by atoms with Gasteiger partial charge in [0.1, 0.15) is 6.04 Å². The molecular formula is C11H18N4O5. The smallest absolute Gasteiger partial charge is 0.326 e. The number of urea groups is 1. The summed E-state index contributed by atoms with van der Waals surface area (Å²) in [5.41, 5.74) is 4.91. The van der Waals surface area contributed by atoms with Crippen LogP contribution in [0.5, 0.6) is 0 Å². The Kier molecular flexibility index (Phi) is 5.30. The fraction of sp³-hybridized carbons (Fsp3) is 0.636. The Morgan fingerprint density at radius 3 is 2.65 bits per heavy atom. The Morgan fingerprint density at radius 2 is 2.15 bits per heavy atom. The monoisotopic (exact) mass is 286 g/mol. The fourth-order valence-corrected chi connectivity index (χ4v) is 1.92. The van der Waals surface area contributed by atoms with Crippen LogP contribution in [0.15, 0.2) is 0 Å². The number of likely N-dealkylation sites (tertiary alicyclic amines) is 1. The van der Waals surface area contributed by atoms with Gasteiger partial charge in [0, 0.05) is 26.1 Å². The fourth-order valence-electron chi connectivity index (χ4n) is 1.92. The summed E-state index contributed by atoms with van der Waals surface area (Å²) in [6.07, 6.45) is 0.334. The SMILES string of the molecule is CN1CC(NC(=O)N[C@@H](CC(N)=O)C(=O)O)CCC1=O. The number of piperidine rings is 1. The molecule has 1 heterocycles. The van der Waals surface area contributed by atoms with Crippen molar-refractivity contribution in [2.75, 3.05) is 13.6 Å². The lowest BCUT2D eigenvalue weighted by molar-refractivity contribution is -0.140. The van der Waals surface area contributed by atoms with Gasteiger partial charge in [0.15, 0.2) is 0 Å². The van der Waals surface area contributed by atoms with Gasteiger partial charge in [0.25, 0.3) is 0 Å². The van der Waals surface area contributed by atoms with Gasteiger partial charge in [-0.2, -0.15) is 0 Å². The average molecular weight is 286 g/mol. The zero-order valence-corrected chi connectivity index (χ0v) is 11.1. The molecule has 1 unspecified atom stereocenters. The molecule has 0 aliphatic carbocycles. The second kappa shape index (κ2) is 6.73. The molecule has 9 heteroatoms. The Balaban J connectivity index is 2.47. The molecule has 112 valence electrons. The van der Waals surface area contributed by atoms with Gasteiger partial charge in [-0.3, -0.25) is 9.59 Å². The maximum Gasteiger partial charge on any atom is 0.326 e. The van der Waals surface area contributed by atoms with Gasteiger partial charge in [0.2, 0.25) is 11.8 Å². The third-order valence-electron chi connectivity index (χ3n) is 2.97. The van der Waals surface area contributed by atoms with Gasteiger partial charge in [0.05, 0.1) is 6.42 Å². The van der Waals surface area contributed by atoms with E-state index in [0.717, 1.165) is 0 Å². The minimum atomic E-state index is -1.37. The van der Waals surface area contributed by atoms with E-state index < -0.39 is 30.4 Å². The second-order valence-electron chi connectivity index (χ2n) is 4.69. The number of nitrogens with two attached hydrogens (primary N) is 1. The molecule has 0 aromatic rings. The number of carbonyl (C=O) groups is 4. The van der Waals surface area contributed by atoms with Crippen molar-refractivity contribution in [1.29, 1.82) is 0 Å². The summed E-state index contributed by atoms with van der Waals surface area (Å²) in [6.45, 7) is 0.361. The summed E-state index contributed by atoms with van der Waals surface area (Å²) in [6, 6.07) is -2.32. The summed E-state index contributed by atoms with van der Waals surface area (Å²) in [5, 5.41) is 13.6. The van der Waals surface area contributed by atoms with Gasteiger partial charge in [-0.1, -0.05) is 0 Å². The summed E-state index contributed by atoms with van der Waals surface area (Å²) >= 11 is 0. The molecule has 1 rings (SSSR count). The quantitative estimate of drug-likeness (QED) is 0.473. The Hall–Kier alpha value is -2.32. The third kappa shape index (κ3) is 4.75. The van der Waals surface area contributed by atoms with Crippen LogP contribution >= 0.6 is 0 Å². The molecule has 1 aliphatic heterocycles. The first-order chi connectivity index (χ1) is 9.29. The molecule has 5 N–H and O–H groups in total. The molecule has 0 bridgehead atoms. The third-order valence-corrected chi connectivity index (χ3v) is 2.97. The number of nitrogens with zero attached hydrogens (tertiary/aromatic N) is 1. The molecule has 0 saturated carbocycles. The van der Waals surface area contributed by atoms with Crippen molar-refractivity contribution in [2.45, 2.75) is 31.3 Å². The number of likely N-dealkylation sites (N-methyl/N-ethyl adjacent to an activating group) is 1. The lowest BCUT2D eigenvalue weighted by Crippen LogP contribution is -2.54. The van der Waals surface area contributed by atoms with Crippen LogP contribution in [0.2, 0.25) is 0 Å². The van der Waals surface area contributed by atoms with Gasteiger partial charge in [-0.15, -0.1) is 0 Å². The lowest BCUT2D eigenvalue weighted by Gasteiger charge is -2.30. The number of carboxylic acid groups (broad SMARTS) is 1. The highest BCUT2D eigenvalue weighted by molar-refractivity contribution is 5.87. The zero-order valence-electron chi connectivity index (χ0n) is 11.1. The Bertz CT molecular complexity index is 425. The van der Waals surface area contributed by atoms with E-state index in [1.54, 1.807) is 7.05 Å². The van der Waals surface area contributed by atoms with Crippen LogP contribution in [0.1, 0.15) is 19.3 Å². The van der Waals surface area contributed by atoms with E-state index in [9.17, 15) is 19.2 Å². The molecule has 0 spiro atoms. The molecule has 0 radical (unpaired) electrons. The number of primary amides is 1. The maximum atomic E-state index is 11.7. The number of carbonyl (C=O) groups excluding carboxylic acids is 3. The Labute approximate surface area is 115 Å². The number of hydrogen-bond donors (Lipinski definition) is 4. The lowest BCUT2D eigenvalue weighted by atomic mass is 10.1. The van der Waals surface area contributed by atoms with Crippen LogP contribution in [0, 0.1) is 0 Å². The Morgan fingerprint density at radius 1 is 1.50 bits per heavy atom.